The first-order valence-electron chi connectivity index (χ1n) is 27.5. The van der Waals surface area contributed by atoms with Gasteiger partial charge in [-0.1, -0.05) is 265 Å². The Balaban J connectivity index is 3.41. The summed E-state index contributed by atoms with van der Waals surface area (Å²) in [5, 5.41) is 23.0. The quantitative estimate of drug-likeness (QED) is 0.0421. The molecule has 4 nitrogen and oxygen atoms in total. The molecule has 368 valence electrons. The first-order chi connectivity index (χ1) is 31.7. The fourth-order valence-electron chi connectivity index (χ4n) is 7.89. The van der Waals surface area contributed by atoms with Crippen molar-refractivity contribution in [1.82, 2.24) is 5.32 Å². The lowest BCUT2D eigenvalue weighted by Gasteiger charge is -2.19. The lowest BCUT2D eigenvalue weighted by atomic mass is 10.0. The van der Waals surface area contributed by atoms with Crippen LogP contribution >= 0.6 is 0 Å². The van der Waals surface area contributed by atoms with Gasteiger partial charge in [0.15, 0.2) is 0 Å². The van der Waals surface area contributed by atoms with Crippen molar-refractivity contribution in [3.05, 3.63) is 97.2 Å². The van der Waals surface area contributed by atoms with Crippen molar-refractivity contribution in [2.45, 2.75) is 270 Å². The Hall–Kier alpha value is -2.69. The Morgan fingerprint density at radius 2 is 0.703 bits per heavy atom. The average molecular weight is 889 g/mol. The molecule has 0 aromatic rings. The van der Waals surface area contributed by atoms with Crippen molar-refractivity contribution < 1.29 is 15.0 Å². The number of carbonyl (C=O) groups excluding carboxylic acids is 1. The molecule has 0 spiro atoms. The van der Waals surface area contributed by atoms with Gasteiger partial charge in [-0.25, -0.2) is 0 Å². The largest absolute Gasteiger partial charge is 0.394 e. The first kappa shape index (κ1) is 61.3. The second-order valence-electron chi connectivity index (χ2n) is 18.2. The third-order valence-electron chi connectivity index (χ3n) is 12.0. The molecule has 3 N–H and O–H groups in total. The summed E-state index contributed by atoms with van der Waals surface area (Å²) in [5.41, 5.74) is 0. The van der Waals surface area contributed by atoms with Crippen LogP contribution in [0.15, 0.2) is 97.2 Å². The molecule has 64 heavy (non-hydrogen) atoms. The van der Waals surface area contributed by atoms with Gasteiger partial charge in [-0.15, -0.1) is 0 Å². The highest BCUT2D eigenvalue weighted by Gasteiger charge is 2.17. The molecule has 0 saturated carbocycles. The molecule has 0 aromatic heterocycles. The molecule has 2 unspecified atom stereocenters. The van der Waals surface area contributed by atoms with Gasteiger partial charge in [0.25, 0.3) is 0 Å². The van der Waals surface area contributed by atoms with E-state index in [1.165, 1.54) is 161 Å². The second kappa shape index (κ2) is 54.6. The van der Waals surface area contributed by atoms with Gasteiger partial charge in [-0.05, 0) is 83.5 Å². The monoisotopic (exact) mass is 888 g/mol. The van der Waals surface area contributed by atoms with Crippen molar-refractivity contribution in [3.8, 4) is 0 Å². The van der Waals surface area contributed by atoms with Gasteiger partial charge >= 0.3 is 0 Å². The zero-order valence-electron chi connectivity index (χ0n) is 42.3. The molecule has 0 radical (unpaired) electrons. The van der Waals surface area contributed by atoms with Crippen LogP contribution in [0.1, 0.15) is 258 Å². The number of nitrogens with one attached hydrogen (secondary N) is 1. The number of allylic oxidation sites excluding steroid dienone is 15. The van der Waals surface area contributed by atoms with E-state index in [1.807, 2.05) is 6.08 Å². The average Bonchev–Trinajstić information content (AvgIpc) is 3.30. The van der Waals surface area contributed by atoms with Crippen LogP contribution < -0.4 is 5.32 Å². The van der Waals surface area contributed by atoms with Gasteiger partial charge in [-0.3, -0.25) is 4.79 Å². The summed E-state index contributed by atoms with van der Waals surface area (Å²) in [6.45, 7) is 4.10. The predicted octanol–water partition coefficient (Wildman–Crippen LogP) is 18.1. The Morgan fingerprint density at radius 3 is 1.08 bits per heavy atom. The topological polar surface area (TPSA) is 69.6 Å². The number of hydrogen-bond donors (Lipinski definition) is 3. The van der Waals surface area contributed by atoms with E-state index in [4.69, 9.17) is 0 Å². The third-order valence-corrected chi connectivity index (χ3v) is 12.0. The minimum absolute atomic E-state index is 0.0790. The van der Waals surface area contributed by atoms with Gasteiger partial charge in [-0.2, -0.15) is 0 Å². The minimum Gasteiger partial charge on any atom is -0.394 e. The highest BCUT2D eigenvalue weighted by Crippen LogP contribution is 2.16. The zero-order valence-corrected chi connectivity index (χ0v) is 42.3. The van der Waals surface area contributed by atoms with Crippen LogP contribution in [0.4, 0.5) is 0 Å². The summed E-state index contributed by atoms with van der Waals surface area (Å²) >= 11 is 0. The van der Waals surface area contributed by atoms with Crippen molar-refractivity contribution in [2.75, 3.05) is 6.61 Å². The molecular formula is C60H105NO3. The van der Waals surface area contributed by atoms with Gasteiger partial charge in [0.2, 0.25) is 5.91 Å². The summed E-state index contributed by atoms with van der Waals surface area (Å²) in [5.74, 6) is -0.0790. The highest BCUT2D eigenvalue weighted by atomic mass is 16.3. The number of rotatable bonds is 49. The minimum atomic E-state index is -0.870. The molecule has 0 rings (SSSR count). The number of aliphatic hydroxyl groups is 2. The van der Waals surface area contributed by atoms with Crippen molar-refractivity contribution in [2.24, 2.45) is 0 Å². The van der Waals surface area contributed by atoms with Crippen molar-refractivity contribution in [3.63, 3.8) is 0 Å². The predicted molar refractivity (Wildman–Crippen MR) is 285 cm³/mol. The summed E-state index contributed by atoms with van der Waals surface area (Å²) < 4.78 is 0. The normalized spacial score (nSPS) is 13.6. The molecule has 1 amide bonds. The maximum atomic E-state index is 12.4. The van der Waals surface area contributed by atoms with Gasteiger partial charge in [0.05, 0.1) is 18.8 Å². The molecule has 0 aliphatic heterocycles. The maximum absolute atomic E-state index is 12.4. The Bertz CT molecular complexity index is 1190. The smallest absolute Gasteiger partial charge is 0.220 e. The van der Waals surface area contributed by atoms with Gasteiger partial charge < -0.3 is 15.5 Å². The van der Waals surface area contributed by atoms with E-state index in [1.54, 1.807) is 6.08 Å². The van der Waals surface area contributed by atoms with Crippen molar-refractivity contribution in [1.29, 1.82) is 0 Å². The van der Waals surface area contributed by atoms with E-state index < -0.39 is 12.1 Å². The van der Waals surface area contributed by atoms with E-state index in [0.29, 0.717) is 6.42 Å². The summed E-state index contributed by atoms with van der Waals surface area (Å²) in [7, 11) is 0. The van der Waals surface area contributed by atoms with E-state index in [-0.39, 0.29) is 12.5 Å². The molecule has 0 fully saturated rings. The number of amides is 1. The molecule has 0 bridgehead atoms. The van der Waals surface area contributed by atoms with Gasteiger partial charge in [0, 0.05) is 6.42 Å². The van der Waals surface area contributed by atoms with Crippen LogP contribution in [0.2, 0.25) is 0 Å². The number of hydrogen-bond acceptors (Lipinski definition) is 3. The fraction of sp³-hybridized carbons (Fsp3) is 0.717. The van der Waals surface area contributed by atoms with Crippen LogP contribution in [0.3, 0.4) is 0 Å². The first-order valence-corrected chi connectivity index (χ1v) is 27.5. The zero-order chi connectivity index (χ0) is 46.3. The fourth-order valence-corrected chi connectivity index (χ4v) is 7.89. The summed E-state index contributed by atoms with van der Waals surface area (Å²) in [6.07, 6.45) is 81.6. The number of aliphatic hydroxyl groups excluding tert-OH is 2. The highest BCUT2D eigenvalue weighted by molar-refractivity contribution is 5.76. The van der Waals surface area contributed by atoms with E-state index in [0.717, 1.165) is 77.0 Å². The molecule has 0 aromatic carbocycles. The lowest BCUT2D eigenvalue weighted by Crippen LogP contribution is -2.45. The van der Waals surface area contributed by atoms with Crippen LogP contribution in [0.5, 0.6) is 0 Å². The lowest BCUT2D eigenvalue weighted by molar-refractivity contribution is -0.123. The summed E-state index contributed by atoms with van der Waals surface area (Å²) in [6, 6.07) is -0.646. The summed E-state index contributed by atoms with van der Waals surface area (Å²) in [4.78, 5) is 12.4. The molecule has 0 saturated heterocycles. The molecule has 0 aliphatic rings. The Kier molecular flexibility index (Phi) is 52.3. The standard InChI is InChI=1S/C60H105NO3/c1-3-5-7-9-11-13-15-16-17-18-19-20-21-22-23-24-25-26-27-28-29-30-31-32-33-34-35-36-37-38-39-40-41-42-43-44-46-48-50-52-54-56-60(64)61-58(57-62)59(63)55-53-51-49-47-45-14-12-10-8-6-4-2/h5,7-8,10-11,13,16-17,19-20,22-23,45,47,53,55,58-59,62-63H,3-4,6,9,12,14-15,18,21,24-44,46,48-52,54,56-57H2,1-2H3,(H,61,64)/b7-5-,10-8+,13-11-,17-16-,20-19-,23-22-,47-45+,55-53+. The van der Waals surface area contributed by atoms with Crippen LogP contribution in [-0.2, 0) is 4.79 Å². The number of carbonyl (C=O) groups is 1. The van der Waals surface area contributed by atoms with E-state index in [9.17, 15) is 15.0 Å². The van der Waals surface area contributed by atoms with E-state index >= 15 is 0 Å². The Labute approximate surface area is 398 Å². The van der Waals surface area contributed by atoms with Crippen LogP contribution in [0, 0.1) is 0 Å². The van der Waals surface area contributed by atoms with Crippen LogP contribution in [-0.4, -0.2) is 34.9 Å². The molecular weight excluding hydrogens is 783 g/mol. The molecule has 0 heterocycles. The molecule has 0 aliphatic carbocycles. The third kappa shape index (κ3) is 50.3. The van der Waals surface area contributed by atoms with Gasteiger partial charge in [0.1, 0.15) is 0 Å². The second-order valence-corrected chi connectivity index (χ2v) is 18.2. The van der Waals surface area contributed by atoms with E-state index in [2.05, 4.69) is 104 Å². The maximum Gasteiger partial charge on any atom is 0.220 e. The molecule has 2 atom stereocenters. The van der Waals surface area contributed by atoms with Crippen molar-refractivity contribution >= 4 is 5.91 Å². The molecule has 4 heteroatoms. The van der Waals surface area contributed by atoms with Crippen LogP contribution in [0.25, 0.3) is 0 Å². The number of unbranched alkanes of at least 4 members (excludes halogenated alkanes) is 28. The Morgan fingerprint density at radius 1 is 0.391 bits per heavy atom. The SMILES string of the molecule is CC/C=C\C/C=C\C/C=C\C/C=C\C/C=C\CCCCCCCCCCCCCCCCCCCCCCCCCCCC(=O)NC(CO)C(O)/C=C/CC/C=C/CC/C=C/CCC.